The zero-order valence-corrected chi connectivity index (χ0v) is 13.9. The number of nitrogens with one attached hydrogen (secondary N) is 1. The number of rotatable bonds is 5. The van der Waals surface area contributed by atoms with Gasteiger partial charge in [-0.05, 0) is 37.3 Å². The van der Waals surface area contributed by atoms with Crippen molar-refractivity contribution >= 4 is 10.9 Å². The summed E-state index contributed by atoms with van der Waals surface area (Å²) in [6, 6.07) is 12.8. The van der Waals surface area contributed by atoms with E-state index in [4.69, 9.17) is 9.47 Å². The van der Waals surface area contributed by atoms with Crippen LogP contribution in [0.2, 0.25) is 0 Å². The van der Waals surface area contributed by atoms with E-state index in [1.165, 1.54) is 4.68 Å². The van der Waals surface area contributed by atoms with Gasteiger partial charge in [0.15, 0.2) is 0 Å². The number of para-hydroxylation sites is 1. The van der Waals surface area contributed by atoms with E-state index < -0.39 is 0 Å². The summed E-state index contributed by atoms with van der Waals surface area (Å²) in [5.74, 6) is 2.05. The van der Waals surface area contributed by atoms with Gasteiger partial charge in [-0.15, -0.1) is 0 Å². The van der Waals surface area contributed by atoms with E-state index in [2.05, 4.69) is 10.4 Å². The average molecular weight is 325 g/mol. The molecule has 6 nitrogen and oxygen atoms in total. The summed E-state index contributed by atoms with van der Waals surface area (Å²) in [6.45, 7) is 2.20. The maximum Gasteiger partial charge on any atom is 0.279 e. The summed E-state index contributed by atoms with van der Waals surface area (Å²) >= 11 is 0. The van der Waals surface area contributed by atoms with Crippen LogP contribution in [-0.2, 0) is 6.54 Å². The van der Waals surface area contributed by atoms with E-state index in [9.17, 15) is 4.79 Å². The summed E-state index contributed by atoms with van der Waals surface area (Å²) in [6.07, 6.45) is 0. The molecule has 0 saturated carbocycles. The molecule has 24 heavy (non-hydrogen) atoms. The summed E-state index contributed by atoms with van der Waals surface area (Å²) in [5.41, 5.74) is 4.57. The van der Waals surface area contributed by atoms with Gasteiger partial charge >= 0.3 is 0 Å². The Morgan fingerprint density at radius 1 is 1.12 bits per heavy atom. The normalized spacial score (nSPS) is 10.6. The lowest BCUT2D eigenvalue weighted by Gasteiger charge is -2.15. The number of ether oxygens (including phenoxy) is 2. The highest BCUT2D eigenvalue weighted by Gasteiger charge is 2.09. The molecule has 124 valence electrons. The Morgan fingerprint density at radius 3 is 2.67 bits per heavy atom. The van der Waals surface area contributed by atoms with Crippen LogP contribution in [-0.4, -0.2) is 23.9 Å². The van der Waals surface area contributed by atoms with E-state index in [1.54, 1.807) is 27.2 Å². The molecule has 0 aliphatic rings. The predicted molar refractivity (Wildman–Crippen MR) is 93.4 cm³/mol. The van der Waals surface area contributed by atoms with Crippen LogP contribution in [0.4, 0.5) is 0 Å². The number of methoxy groups -OCH3 is 2. The fourth-order valence-electron chi connectivity index (χ4n) is 2.61. The Hall–Kier alpha value is -3.02. The Morgan fingerprint density at radius 2 is 1.92 bits per heavy atom. The molecule has 0 radical (unpaired) electrons. The van der Waals surface area contributed by atoms with Crippen molar-refractivity contribution in [2.45, 2.75) is 13.5 Å². The Kier molecular flexibility index (Phi) is 4.37. The van der Waals surface area contributed by atoms with Crippen molar-refractivity contribution in [2.75, 3.05) is 19.6 Å². The lowest BCUT2D eigenvalue weighted by Crippen LogP contribution is -2.31. The molecule has 1 aromatic heterocycles. The molecule has 3 rings (SSSR count). The molecule has 0 unspecified atom stereocenters. The van der Waals surface area contributed by atoms with E-state index in [0.717, 1.165) is 17.1 Å². The van der Waals surface area contributed by atoms with Crippen molar-refractivity contribution in [1.29, 1.82) is 0 Å². The van der Waals surface area contributed by atoms with E-state index >= 15 is 0 Å². The zero-order chi connectivity index (χ0) is 17.1. The molecular formula is C18H19N3O3. The van der Waals surface area contributed by atoms with Crippen LogP contribution in [0.3, 0.4) is 0 Å². The smallest absolute Gasteiger partial charge is 0.279 e. The van der Waals surface area contributed by atoms with Crippen LogP contribution in [0.5, 0.6) is 11.5 Å². The largest absolute Gasteiger partial charge is 0.497 e. The van der Waals surface area contributed by atoms with Gasteiger partial charge in [0.2, 0.25) is 0 Å². The molecule has 0 atom stereocenters. The number of nitrogens with zero attached hydrogens (tertiary/aromatic N) is 2. The Labute approximate surface area is 139 Å². The summed E-state index contributed by atoms with van der Waals surface area (Å²) in [5, 5.41) is 0.577. The maximum absolute atomic E-state index is 12.7. The van der Waals surface area contributed by atoms with E-state index in [1.807, 2.05) is 36.4 Å². The highest BCUT2D eigenvalue weighted by Crippen LogP contribution is 2.23. The minimum atomic E-state index is -0.125. The molecule has 6 heteroatoms. The second kappa shape index (κ2) is 6.62. The van der Waals surface area contributed by atoms with Crippen molar-refractivity contribution in [3.8, 4) is 11.5 Å². The van der Waals surface area contributed by atoms with Crippen molar-refractivity contribution in [3.05, 3.63) is 64.2 Å². The molecule has 0 saturated heterocycles. The zero-order valence-electron chi connectivity index (χ0n) is 13.9. The number of hydrogen-bond acceptors (Lipinski definition) is 5. The van der Waals surface area contributed by atoms with E-state index in [-0.39, 0.29) is 5.56 Å². The fourth-order valence-corrected chi connectivity index (χ4v) is 2.61. The van der Waals surface area contributed by atoms with Gasteiger partial charge in [-0.3, -0.25) is 4.79 Å². The van der Waals surface area contributed by atoms with Crippen LogP contribution in [0.25, 0.3) is 10.9 Å². The van der Waals surface area contributed by atoms with Crippen LogP contribution in [0.15, 0.2) is 47.3 Å². The minimum Gasteiger partial charge on any atom is -0.497 e. The summed E-state index contributed by atoms with van der Waals surface area (Å²) < 4.78 is 12.1. The molecule has 2 aromatic carbocycles. The first-order valence-corrected chi connectivity index (χ1v) is 7.57. The molecular weight excluding hydrogens is 306 g/mol. The lowest BCUT2D eigenvalue weighted by atomic mass is 10.2. The van der Waals surface area contributed by atoms with Gasteiger partial charge < -0.3 is 14.9 Å². The summed E-state index contributed by atoms with van der Waals surface area (Å²) in [7, 11) is 3.22. The number of aromatic nitrogens is 2. The predicted octanol–water partition coefficient (Wildman–Crippen LogP) is 2.47. The highest BCUT2D eigenvalue weighted by atomic mass is 16.5. The molecule has 3 aromatic rings. The Bertz CT molecular complexity index is 934. The molecule has 0 bridgehead atoms. The van der Waals surface area contributed by atoms with Gasteiger partial charge in [0.25, 0.3) is 5.56 Å². The average Bonchev–Trinajstić information content (AvgIpc) is 2.61. The molecule has 0 aliphatic carbocycles. The lowest BCUT2D eigenvalue weighted by molar-refractivity contribution is 0.399. The first-order chi connectivity index (χ1) is 11.6. The standard InChI is InChI=1S/C18H19N3O3/c1-12-20-16-7-5-4-6-15(16)18(22)21(12)19-11-13-10-14(23-2)8-9-17(13)24-3/h4-10,19H,11H2,1-3H3. The number of hydrogen-bond donors (Lipinski definition) is 1. The van der Waals surface area contributed by atoms with Gasteiger partial charge in [0.05, 0.1) is 31.7 Å². The van der Waals surface area contributed by atoms with Crippen molar-refractivity contribution < 1.29 is 9.47 Å². The van der Waals surface area contributed by atoms with Crippen molar-refractivity contribution in [1.82, 2.24) is 9.66 Å². The van der Waals surface area contributed by atoms with Crippen LogP contribution in [0.1, 0.15) is 11.4 Å². The Balaban J connectivity index is 1.95. The first-order valence-electron chi connectivity index (χ1n) is 7.57. The maximum atomic E-state index is 12.7. The van der Waals surface area contributed by atoms with Crippen molar-refractivity contribution in [3.63, 3.8) is 0 Å². The SMILES string of the molecule is COc1ccc(OC)c(CNn2c(C)nc3ccccc3c2=O)c1. The van der Waals surface area contributed by atoms with Crippen LogP contribution in [0, 0.1) is 6.92 Å². The van der Waals surface area contributed by atoms with Gasteiger partial charge in [0, 0.05) is 5.56 Å². The molecule has 0 aliphatic heterocycles. The van der Waals surface area contributed by atoms with E-state index in [0.29, 0.717) is 23.3 Å². The summed E-state index contributed by atoms with van der Waals surface area (Å²) in [4.78, 5) is 17.1. The molecule has 0 fully saturated rings. The molecule has 0 spiro atoms. The first kappa shape index (κ1) is 15.9. The fraction of sp³-hybridized carbons (Fsp3) is 0.222. The van der Waals surface area contributed by atoms with Gasteiger partial charge in [-0.2, -0.15) is 0 Å². The topological polar surface area (TPSA) is 65.4 Å². The monoisotopic (exact) mass is 325 g/mol. The molecule has 1 heterocycles. The number of fused-ring (bicyclic) bond motifs is 1. The third-order valence-corrected chi connectivity index (χ3v) is 3.86. The third-order valence-electron chi connectivity index (χ3n) is 3.86. The van der Waals surface area contributed by atoms with Gasteiger partial charge in [-0.25, -0.2) is 9.66 Å². The number of aryl methyl sites for hydroxylation is 1. The molecule has 1 N–H and O–H groups in total. The van der Waals surface area contributed by atoms with Gasteiger partial charge in [-0.1, -0.05) is 12.1 Å². The minimum absolute atomic E-state index is 0.125. The molecule has 0 amide bonds. The van der Waals surface area contributed by atoms with Crippen LogP contribution < -0.4 is 20.5 Å². The van der Waals surface area contributed by atoms with Gasteiger partial charge in [0.1, 0.15) is 17.3 Å². The van der Waals surface area contributed by atoms with Crippen molar-refractivity contribution in [2.24, 2.45) is 0 Å². The third kappa shape index (κ3) is 2.90. The van der Waals surface area contributed by atoms with Crippen LogP contribution >= 0.6 is 0 Å². The highest BCUT2D eigenvalue weighted by molar-refractivity contribution is 5.77. The second-order valence-electron chi connectivity index (χ2n) is 5.33. The number of benzene rings is 2. The second-order valence-corrected chi connectivity index (χ2v) is 5.33. The quantitative estimate of drug-likeness (QED) is 0.780.